The van der Waals surface area contributed by atoms with Gasteiger partial charge in [0, 0.05) is 12.2 Å². The van der Waals surface area contributed by atoms with Crippen LogP contribution >= 0.6 is 15.9 Å². The molecule has 0 radical (unpaired) electrons. The molecule has 4 heteroatoms. The standard InChI is InChI=1S/C15H16BrNO2/c1-10-7-12(4-6-15(10)19-2)17-9-11-3-5-14(18)13(16)8-11/h3-8,17-18H,9H2,1-2H3. The number of aromatic hydroxyl groups is 1. The van der Waals surface area contributed by atoms with Gasteiger partial charge in [0.1, 0.15) is 11.5 Å². The van der Waals surface area contributed by atoms with Crippen LogP contribution in [0.1, 0.15) is 11.1 Å². The highest BCUT2D eigenvalue weighted by Gasteiger charge is 2.02. The van der Waals surface area contributed by atoms with E-state index in [-0.39, 0.29) is 5.75 Å². The van der Waals surface area contributed by atoms with Gasteiger partial charge in [0.2, 0.25) is 0 Å². The Morgan fingerprint density at radius 2 is 2.00 bits per heavy atom. The number of benzene rings is 2. The molecular formula is C15H16BrNO2. The Morgan fingerprint density at radius 1 is 1.21 bits per heavy atom. The number of methoxy groups -OCH3 is 1. The molecule has 0 fully saturated rings. The lowest BCUT2D eigenvalue weighted by Gasteiger charge is -2.10. The summed E-state index contributed by atoms with van der Waals surface area (Å²) in [5, 5.41) is 12.8. The third kappa shape index (κ3) is 3.41. The second-order valence-electron chi connectivity index (χ2n) is 4.32. The third-order valence-corrected chi connectivity index (χ3v) is 3.54. The molecule has 0 aliphatic heterocycles. The van der Waals surface area contributed by atoms with Crippen molar-refractivity contribution in [2.24, 2.45) is 0 Å². The molecule has 3 nitrogen and oxygen atoms in total. The van der Waals surface area contributed by atoms with Gasteiger partial charge in [-0.15, -0.1) is 0 Å². The van der Waals surface area contributed by atoms with Gasteiger partial charge in [0.15, 0.2) is 0 Å². The van der Waals surface area contributed by atoms with Crippen LogP contribution in [0.15, 0.2) is 40.9 Å². The van der Waals surface area contributed by atoms with E-state index in [9.17, 15) is 5.11 Å². The van der Waals surface area contributed by atoms with Crippen molar-refractivity contribution in [3.63, 3.8) is 0 Å². The van der Waals surface area contributed by atoms with Crippen molar-refractivity contribution in [2.45, 2.75) is 13.5 Å². The minimum Gasteiger partial charge on any atom is -0.507 e. The van der Waals surface area contributed by atoms with Crippen LogP contribution in [0, 0.1) is 6.92 Å². The van der Waals surface area contributed by atoms with E-state index in [2.05, 4.69) is 21.2 Å². The van der Waals surface area contributed by atoms with Gasteiger partial charge in [-0.05, 0) is 64.3 Å². The first kappa shape index (κ1) is 13.7. The van der Waals surface area contributed by atoms with Gasteiger partial charge in [-0.2, -0.15) is 0 Å². The van der Waals surface area contributed by atoms with Crippen molar-refractivity contribution in [1.82, 2.24) is 0 Å². The second-order valence-corrected chi connectivity index (χ2v) is 5.18. The van der Waals surface area contributed by atoms with E-state index in [0.29, 0.717) is 11.0 Å². The van der Waals surface area contributed by atoms with Crippen molar-refractivity contribution in [2.75, 3.05) is 12.4 Å². The Morgan fingerprint density at radius 3 is 2.63 bits per heavy atom. The van der Waals surface area contributed by atoms with Gasteiger partial charge < -0.3 is 15.2 Å². The zero-order chi connectivity index (χ0) is 13.8. The minimum atomic E-state index is 0.254. The van der Waals surface area contributed by atoms with Crippen LogP contribution in [-0.4, -0.2) is 12.2 Å². The van der Waals surface area contributed by atoms with E-state index >= 15 is 0 Å². The first-order valence-corrected chi connectivity index (χ1v) is 6.75. The quantitative estimate of drug-likeness (QED) is 0.891. The molecule has 0 saturated heterocycles. The zero-order valence-electron chi connectivity index (χ0n) is 10.9. The molecule has 0 saturated carbocycles. The highest BCUT2D eigenvalue weighted by molar-refractivity contribution is 9.10. The fourth-order valence-corrected chi connectivity index (χ4v) is 2.28. The van der Waals surface area contributed by atoms with Gasteiger partial charge in [-0.3, -0.25) is 0 Å². The summed E-state index contributed by atoms with van der Waals surface area (Å²) in [6.07, 6.45) is 0. The van der Waals surface area contributed by atoms with Crippen LogP contribution in [0.3, 0.4) is 0 Å². The fourth-order valence-electron chi connectivity index (χ4n) is 1.85. The number of hydrogen-bond donors (Lipinski definition) is 2. The molecule has 2 N–H and O–H groups in total. The first-order chi connectivity index (χ1) is 9.10. The average Bonchev–Trinajstić information content (AvgIpc) is 2.40. The highest BCUT2D eigenvalue weighted by atomic mass is 79.9. The molecule has 0 atom stereocenters. The SMILES string of the molecule is COc1ccc(NCc2ccc(O)c(Br)c2)cc1C. The molecule has 0 amide bonds. The zero-order valence-corrected chi connectivity index (χ0v) is 12.5. The monoisotopic (exact) mass is 321 g/mol. The lowest BCUT2D eigenvalue weighted by Crippen LogP contribution is -2.00. The summed E-state index contributed by atoms with van der Waals surface area (Å²) in [5.74, 6) is 1.14. The Labute approximate surface area is 121 Å². The number of ether oxygens (including phenoxy) is 1. The number of aryl methyl sites for hydroxylation is 1. The molecule has 0 unspecified atom stereocenters. The van der Waals surface area contributed by atoms with Crippen LogP contribution in [0.5, 0.6) is 11.5 Å². The van der Waals surface area contributed by atoms with Crippen molar-refractivity contribution in [3.8, 4) is 11.5 Å². The van der Waals surface area contributed by atoms with Gasteiger partial charge in [-0.1, -0.05) is 6.07 Å². The average molecular weight is 322 g/mol. The maximum absolute atomic E-state index is 9.44. The molecule has 0 aromatic heterocycles. The van der Waals surface area contributed by atoms with Crippen molar-refractivity contribution in [1.29, 1.82) is 0 Å². The van der Waals surface area contributed by atoms with E-state index in [1.807, 2.05) is 37.3 Å². The van der Waals surface area contributed by atoms with Crippen LogP contribution in [0.4, 0.5) is 5.69 Å². The normalized spacial score (nSPS) is 10.3. The summed E-state index contributed by atoms with van der Waals surface area (Å²) in [5.41, 5.74) is 3.24. The van der Waals surface area contributed by atoms with Gasteiger partial charge in [-0.25, -0.2) is 0 Å². The van der Waals surface area contributed by atoms with Crippen LogP contribution in [-0.2, 0) is 6.54 Å². The topological polar surface area (TPSA) is 41.5 Å². The molecule has 0 bridgehead atoms. The molecule has 0 aliphatic rings. The Hall–Kier alpha value is -1.68. The molecule has 2 aromatic carbocycles. The Bertz CT molecular complexity index is 584. The fraction of sp³-hybridized carbons (Fsp3) is 0.200. The number of anilines is 1. The molecule has 2 rings (SSSR count). The van der Waals surface area contributed by atoms with Crippen LogP contribution < -0.4 is 10.1 Å². The first-order valence-electron chi connectivity index (χ1n) is 5.96. The summed E-state index contributed by atoms with van der Waals surface area (Å²) in [7, 11) is 1.67. The summed E-state index contributed by atoms with van der Waals surface area (Å²) in [6, 6.07) is 11.5. The second kappa shape index (κ2) is 5.97. The predicted molar refractivity (Wildman–Crippen MR) is 80.9 cm³/mol. The van der Waals surface area contributed by atoms with E-state index in [1.54, 1.807) is 13.2 Å². The van der Waals surface area contributed by atoms with Gasteiger partial charge in [0.25, 0.3) is 0 Å². The van der Waals surface area contributed by atoms with E-state index in [1.165, 1.54) is 0 Å². The largest absolute Gasteiger partial charge is 0.507 e. The van der Waals surface area contributed by atoms with Gasteiger partial charge in [0.05, 0.1) is 11.6 Å². The molecule has 0 aliphatic carbocycles. The molecule has 2 aromatic rings. The maximum Gasteiger partial charge on any atom is 0.129 e. The van der Waals surface area contributed by atoms with E-state index in [4.69, 9.17) is 4.74 Å². The number of halogens is 1. The van der Waals surface area contributed by atoms with E-state index < -0.39 is 0 Å². The van der Waals surface area contributed by atoms with Crippen molar-refractivity contribution < 1.29 is 9.84 Å². The Kier molecular flexibility index (Phi) is 4.32. The Balaban J connectivity index is 2.05. The van der Waals surface area contributed by atoms with Crippen molar-refractivity contribution in [3.05, 3.63) is 52.0 Å². The molecule has 0 spiro atoms. The molecule has 100 valence electrons. The molecular weight excluding hydrogens is 306 g/mol. The maximum atomic E-state index is 9.44. The number of hydrogen-bond acceptors (Lipinski definition) is 3. The summed E-state index contributed by atoms with van der Waals surface area (Å²) in [6.45, 7) is 2.71. The smallest absolute Gasteiger partial charge is 0.129 e. The predicted octanol–water partition coefficient (Wildman–Crippen LogP) is 4.08. The van der Waals surface area contributed by atoms with Crippen molar-refractivity contribution >= 4 is 21.6 Å². The van der Waals surface area contributed by atoms with Crippen LogP contribution in [0.25, 0.3) is 0 Å². The van der Waals surface area contributed by atoms with Gasteiger partial charge >= 0.3 is 0 Å². The molecule has 0 heterocycles. The summed E-state index contributed by atoms with van der Waals surface area (Å²) in [4.78, 5) is 0. The summed E-state index contributed by atoms with van der Waals surface area (Å²) < 4.78 is 5.94. The highest BCUT2D eigenvalue weighted by Crippen LogP contribution is 2.25. The van der Waals surface area contributed by atoms with E-state index in [0.717, 1.165) is 22.6 Å². The number of nitrogens with one attached hydrogen (secondary N) is 1. The third-order valence-electron chi connectivity index (χ3n) is 2.90. The molecule has 19 heavy (non-hydrogen) atoms. The number of phenolic OH excluding ortho intramolecular Hbond substituents is 1. The lowest BCUT2D eigenvalue weighted by molar-refractivity contribution is 0.412. The minimum absolute atomic E-state index is 0.254. The lowest BCUT2D eigenvalue weighted by atomic mass is 10.2. The number of phenols is 1. The van der Waals surface area contributed by atoms with Crippen LogP contribution in [0.2, 0.25) is 0 Å². The number of rotatable bonds is 4. The summed E-state index contributed by atoms with van der Waals surface area (Å²) >= 11 is 3.31.